The molecule has 5 heteroatoms. The molecule has 2 aromatic rings. The lowest BCUT2D eigenvalue weighted by molar-refractivity contribution is 0.187. The molecule has 0 bridgehead atoms. The topological polar surface area (TPSA) is 58.4 Å². The Kier molecular flexibility index (Phi) is 5.58. The molecule has 118 valence electrons. The zero-order chi connectivity index (χ0) is 15.9. The van der Waals surface area contributed by atoms with Crippen LogP contribution >= 0.6 is 0 Å². The minimum Gasteiger partial charge on any atom is -0.467 e. The molecule has 1 atom stereocenters. The summed E-state index contributed by atoms with van der Waals surface area (Å²) in [6, 6.07) is 7.47. The zero-order valence-corrected chi connectivity index (χ0v) is 13.4. The third-order valence-electron chi connectivity index (χ3n) is 3.48. The molecule has 0 aliphatic rings. The number of hydrogen-bond donors (Lipinski definition) is 1. The number of carbonyl (C=O) groups excluding carboxylic acids is 1. The van der Waals surface area contributed by atoms with Crippen molar-refractivity contribution in [3.63, 3.8) is 0 Å². The van der Waals surface area contributed by atoms with Gasteiger partial charge in [0, 0.05) is 18.4 Å². The van der Waals surface area contributed by atoms with Crippen LogP contribution in [0.3, 0.4) is 0 Å². The summed E-state index contributed by atoms with van der Waals surface area (Å²) in [5.74, 6) is 0.785. The highest BCUT2D eigenvalue weighted by Gasteiger charge is 2.17. The van der Waals surface area contributed by atoms with Crippen molar-refractivity contribution in [3.8, 4) is 0 Å². The second-order valence-corrected chi connectivity index (χ2v) is 5.41. The number of urea groups is 1. The van der Waals surface area contributed by atoms with Crippen molar-refractivity contribution in [2.75, 3.05) is 6.54 Å². The van der Waals surface area contributed by atoms with Crippen LogP contribution in [0.5, 0.6) is 0 Å². The SMILES string of the molecule is CCCN(Cc1ccco1)C(=O)N[C@H](C)c1ccc(C)nc1. The van der Waals surface area contributed by atoms with Crippen LogP contribution in [0.1, 0.15) is 43.3 Å². The highest BCUT2D eigenvalue weighted by atomic mass is 16.3. The first-order chi connectivity index (χ1) is 10.6. The molecule has 0 saturated carbocycles. The first-order valence-electron chi connectivity index (χ1n) is 7.60. The van der Waals surface area contributed by atoms with Gasteiger partial charge in [0.15, 0.2) is 0 Å². The molecule has 0 fully saturated rings. The smallest absolute Gasteiger partial charge is 0.318 e. The first-order valence-corrected chi connectivity index (χ1v) is 7.60. The Morgan fingerprint density at radius 3 is 2.82 bits per heavy atom. The molecule has 0 radical (unpaired) electrons. The van der Waals surface area contributed by atoms with Crippen LogP contribution in [0.4, 0.5) is 4.79 Å². The van der Waals surface area contributed by atoms with Gasteiger partial charge >= 0.3 is 6.03 Å². The largest absolute Gasteiger partial charge is 0.467 e. The minimum atomic E-state index is -0.0914. The lowest BCUT2D eigenvalue weighted by Crippen LogP contribution is -2.41. The molecule has 0 saturated heterocycles. The van der Waals surface area contributed by atoms with Gasteiger partial charge in [-0.15, -0.1) is 0 Å². The number of pyridine rings is 1. The van der Waals surface area contributed by atoms with E-state index in [-0.39, 0.29) is 12.1 Å². The molecule has 5 nitrogen and oxygen atoms in total. The fourth-order valence-electron chi connectivity index (χ4n) is 2.21. The van der Waals surface area contributed by atoms with Gasteiger partial charge in [-0.2, -0.15) is 0 Å². The molecule has 0 aliphatic heterocycles. The van der Waals surface area contributed by atoms with E-state index in [9.17, 15) is 4.79 Å². The first kappa shape index (κ1) is 16.1. The minimum absolute atomic E-state index is 0.0865. The summed E-state index contributed by atoms with van der Waals surface area (Å²) in [6.07, 6.45) is 4.32. The van der Waals surface area contributed by atoms with Gasteiger partial charge in [-0.25, -0.2) is 4.79 Å². The Bertz CT molecular complexity index is 578. The Hall–Kier alpha value is -2.30. The summed E-state index contributed by atoms with van der Waals surface area (Å²) in [6.45, 7) is 7.12. The van der Waals surface area contributed by atoms with Crippen molar-refractivity contribution in [3.05, 3.63) is 53.7 Å². The number of nitrogens with one attached hydrogen (secondary N) is 1. The normalized spacial score (nSPS) is 12.0. The van der Waals surface area contributed by atoms with Crippen LogP contribution in [0.2, 0.25) is 0 Å². The maximum atomic E-state index is 12.5. The average molecular weight is 301 g/mol. The summed E-state index contributed by atoms with van der Waals surface area (Å²) in [5.41, 5.74) is 1.96. The van der Waals surface area contributed by atoms with Gasteiger partial charge in [0.25, 0.3) is 0 Å². The van der Waals surface area contributed by atoms with Crippen LogP contribution in [-0.2, 0) is 6.54 Å². The van der Waals surface area contributed by atoms with Gasteiger partial charge in [0.2, 0.25) is 0 Å². The van der Waals surface area contributed by atoms with Gasteiger partial charge < -0.3 is 14.6 Å². The van der Waals surface area contributed by atoms with E-state index in [0.717, 1.165) is 23.4 Å². The van der Waals surface area contributed by atoms with Crippen molar-refractivity contribution in [1.82, 2.24) is 15.2 Å². The molecule has 0 spiro atoms. The third-order valence-corrected chi connectivity index (χ3v) is 3.48. The number of rotatable bonds is 6. The Labute approximate surface area is 131 Å². The zero-order valence-electron chi connectivity index (χ0n) is 13.4. The molecule has 0 aliphatic carbocycles. The molecule has 2 amide bonds. The van der Waals surface area contributed by atoms with Gasteiger partial charge in [0.05, 0.1) is 18.8 Å². The molecule has 2 aromatic heterocycles. The van der Waals surface area contributed by atoms with E-state index in [2.05, 4.69) is 17.2 Å². The number of hydrogen-bond acceptors (Lipinski definition) is 3. The second kappa shape index (κ2) is 7.64. The predicted octanol–water partition coefficient (Wildman–Crippen LogP) is 3.67. The molecule has 0 unspecified atom stereocenters. The van der Waals surface area contributed by atoms with E-state index in [1.54, 1.807) is 17.4 Å². The highest BCUT2D eigenvalue weighted by molar-refractivity contribution is 5.74. The van der Waals surface area contributed by atoms with Crippen LogP contribution in [-0.4, -0.2) is 22.5 Å². The van der Waals surface area contributed by atoms with Crippen LogP contribution in [0.15, 0.2) is 41.1 Å². The summed E-state index contributed by atoms with van der Waals surface area (Å²) in [4.78, 5) is 18.5. The number of furan rings is 1. The summed E-state index contributed by atoms with van der Waals surface area (Å²) < 4.78 is 5.33. The van der Waals surface area contributed by atoms with Gasteiger partial charge in [0.1, 0.15) is 5.76 Å². The number of aryl methyl sites for hydroxylation is 1. The number of carbonyl (C=O) groups is 1. The maximum absolute atomic E-state index is 12.5. The quantitative estimate of drug-likeness (QED) is 0.885. The standard InChI is InChI=1S/C17H23N3O2/c1-4-9-20(12-16-6-5-10-22-16)17(21)19-14(3)15-8-7-13(2)18-11-15/h5-8,10-11,14H,4,9,12H2,1-3H3,(H,19,21)/t14-/m1/s1. The van der Waals surface area contributed by atoms with Gasteiger partial charge in [-0.3, -0.25) is 4.98 Å². The van der Waals surface area contributed by atoms with E-state index >= 15 is 0 Å². The second-order valence-electron chi connectivity index (χ2n) is 5.41. The Morgan fingerprint density at radius 2 is 2.23 bits per heavy atom. The molecular weight excluding hydrogens is 278 g/mol. The third kappa shape index (κ3) is 4.35. The van der Waals surface area contributed by atoms with E-state index < -0.39 is 0 Å². The maximum Gasteiger partial charge on any atom is 0.318 e. The average Bonchev–Trinajstić information content (AvgIpc) is 3.00. The number of amides is 2. The molecule has 22 heavy (non-hydrogen) atoms. The molecule has 1 N–H and O–H groups in total. The van der Waals surface area contributed by atoms with Crippen molar-refractivity contribution in [1.29, 1.82) is 0 Å². The fourth-order valence-corrected chi connectivity index (χ4v) is 2.21. The number of nitrogens with zero attached hydrogens (tertiary/aromatic N) is 2. The van der Waals surface area contributed by atoms with Gasteiger partial charge in [-0.1, -0.05) is 13.0 Å². The summed E-state index contributed by atoms with van der Waals surface area (Å²) >= 11 is 0. The molecular formula is C17H23N3O2. The van der Waals surface area contributed by atoms with Crippen LogP contribution in [0, 0.1) is 6.92 Å². The van der Waals surface area contributed by atoms with E-state index in [1.807, 2.05) is 38.1 Å². The summed E-state index contributed by atoms with van der Waals surface area (Å²) in [5, 5.41) is 3.02. The van der Waals surface area contributed by atoms with Crippen LogP contribution < -0.4 is 5.32 Å². The highest BCUT2D eigenvalue weighted by Crippen LogP contribution is 2.13. The number of aromatic nitrogens is 1. The van der Waals surface area contributed by atoms with Crippen molar-refractivity contribution >= 4 is 6.03 Å². The Morgan fingerprint density at radius 1 is 1.41 bits per heavy atom. The molecule has 2 heterocycles. The van der Waals surface area contributed by atoms with E-state index in [0.29, 0.717) is 13.1 Å². The fraction of sp³-hybridized carbons (Fsp3) is 0.412. The summed E-state index contributed by atoms with van der Waals surface area (Å²) in [7, 11) is 0. The Balaban J connectivity index is 1.99. The van der Waals surface area contributed by atoms with Crippen molar-refractivity contribution in [2.45, 2.75) is 39.8 Å². The predicted molar refractivity (Wildman–Crippen MR) is 85.3 cm³/mol. The monoisotopic (exact) mass is 301 g/mol. The molecule has 0 aromatic carbocycles. The van der Waals surface area contributed by atoms with Crippen molar-refractivity contribution < 1.29 is 9.21 Å². The molecule has 2 rings (SSSR count). The van der Waals surface area contributed by atoms with E-state index in [1.165, 1.54) is 0 Å². The lowest BCUT2D eigenvalue weighted by atomic mass is 10.1. The van der Waals surface area contributed by atoms with E-state index in [4.69, 9.17) is 4.42 Å². The van der Waals surface area contributed by atoms with Crippen molar-refractivity contribution in [2.24, 2.45) is 0 Å². The van der Waals surface area contributed by atoms with Gasteiger partial charge in [-0.05, 0) is 44.0 Å². The lowest BCUT2D eigenvalue weighted by Gasteiger charge is -2.24. The van der Waals surface area contributed by atoms with Crippen LogP contribution in [0.25, 0.3) is 0 Å².